The van der Waals surface area contributed by atoms with Gasteiger partial charge in [0.1, 0.15) is 0 Å². The molecule has 0 aliphatic heterocycles. The zero-order valence-corrected chi connectivity index (χ0v) is 12.4. The van der Waals surface area contributed by atoms with Crippen molar-refractivity contribution in [1.29, 1.82) is 0 Å². The zero-order chi connectivity index (χ0) is 13.7. The first-order valence-electron chi connectivity index (χ1n) is 7.98. The van der Waals surface area contributed by atoms with Gasteiger partial charge < -0.3 is 5.11 Å². The lowest BCUT2D eigenvalue weighted by molar-refractivity contribution is 0.0735. The minimum Gasteiger partial charge on any atom is -0.392 e. The number of hydrogen-bond donors (Lipinski definition) is 1. The van der Waals surface area contributed by atoms with Crippen LogP contribution in [0.1, 0.15) is 57.1 Å². The van der Waals surface area contributed by atoms with E-state index in [1.54, 1.807) is 0 Å². The third kappa shape index (κ3) is 4.07. The van der Waals surface area contributed by atoms with Crippen molar-refractivity contribution in [2.45, 2.75) is 64.9 Å². The number of hydrogen-bond acceptors (Lipinski definition) is 1. The average molecular weight is 260 g/mol. The fraction of sp³-hybridized carbons (Fsp3) is 0.667. The molecular weight excluding hydrogens is 232 g/mol. The maximum Gasteiger partial charge on any atom is 0.0608 e. The molecule has 0 heterocycles. The summed E-state index contributed by atoms with van der Waals surface area (Å²) in [6, 6.07) is 8.74. The van der Waals surface area contributed by atoms with E-state index in [4.69, 9.17) is 0 Å². The monoisotopic (exact) mass is 260 g/mol. The Morgan fingerprint density at radius 3 is 2.11 bits per heavy atom. The SMILES string of the molecule is CCc1ccc(CC(O)C2CCC(CC)CC2)cc1. The molecule has 1 nitrogen and oxygen atoms in total. The van der Waals surface area contributed by atoms with Crippen LogP contribution in [0.5, 0.6) is 0 Å². The van der Waals surface area contributed by atoms with Crippen LogP contribution in [0.3, 0.4) is 0 Å². The molecule has 106 valence electrons. The molecule has 1 aromatic carbocycles. The summed E-state index contributed by atoms with van der Waals surface area (Å²) in [5.41, 5.74) is 2.66. The van der Waals surface area contributed by atoms with E-state index in [0.717, 1.165) is 18.8 Å². The van der Waals surface area contributed by atoms with Gasteiger partial charge in [0, 0.05) is 0 Å². The van der Waals surface area contributed by atoms with Gasteiger partial charge in [0.2, 0.25) is 0 Å². The fourth-order valence-electron chi connectivity index (χ4n) is 3.30. The van der Waals surface area contributed by atoms with Gasteiger partial charge in [-0.2, -0.15) is 0 Å². The van der Waals surface area contributed by atoms with Crippen molar-refractivity contribution < 1.29 is 5.11 Å². The molecule has 1 atom stereocenters. The molecule has 1 aliphatic carbocycles. The summed E-state index contributed by atoms with van der Waals surface area (Å²) in [4.78, 5) is 0. The Bertz CT molecular complexity index is 360. The Labute approximate surface area is 118 Å². The van der Waals surface area contributed by atoms with Crippen LogP contribution in [-0.2, 0) is 12.8 Å². The highest BCUT2D eigenvalue weighted by molar-refractivity contribution is 5.23. The van der Waals surface area contributed by atoms with Crippen molar-refractivity contribution in [3.63, 3.8) is 0 Å². The molecule has 0 spiro atoms. The molecule has 0 amide bonds. The van der Waals surface area contributed by atoms with Crippen molar-refractivity contribution in [2.24, 2.45) is 11.8 Å². The summed E-state index contributed by atoms with van der Waals surface area (Å²) in [5, 5.41) is 10.4. The van der Waals surface area contributed by atoms with Gasteiger partial charge in [-0.3, -0.25) is 0 Å². The molecular formula is C18H28O. The van der Waals surface area contributed by atoms with Gasteiger partial charge in [-0.05, 0) is 48.6 Å². The maximum absolute atomic E-state index is 10.4. The Morgan fingerprint density at radius 2 is 1.58 bits per heavy atom. The Kier molecular flexibility index (Phi) is 5.45. The molecule has 0 aromatic heterocycles. The van der Waals surface area contributed by atoms with Crippen LogP contribution < -0.4 is 0 Å². The van der Waals surface area contributed by atoms with Crippen molar-refractivity contribution >= 4 is 0 Å². The van der Waals surface area contributed by atoms with Crippen LogP contribution in [0.15, 0.2) is 24.3 Å². The number of aryl methyl sites for hydroxylation is 1. The quantitative estimate of drug-likeness (QED) is 0.833. The molecule has 19 heavy (non-hydrogen) atoms. The standard InChI is InChI=1S/C18H28O/c1-3-14-5-7-16(8-6-14)13-18(19)17-11-9-15(4-2)10-12-17/h5-8,15,17-19H,3-4,9-13H2,1-2H3. The third-order valence-corrected chi connectivity index (χ3v) is 4.89. The average Bonchev–Trinajstić information content (AvgIpc) is 2.48. The van der Waals surface area contributed by atoms with Gasteiger partial charge in [-0.1, -0.05) is 57.4 Å². The van der Waals surface area contributed by atoms with E-state index in [0.29, 0.717) is 5.92 Å². The molecule has 1 aliphatic rings. The number of benzene rings is 1. The zero-order valence-electron chi connectivity index (χ0n) is 12.4. The van der Waals surface area contributed by atoms with Crippen molar-refractivity contribution in [3.8, 4) is 0 Å². The number of rotatable bonds is 5. The Balaban J connectivity index is 1.84. The third-order valence-electron chi connectivity index (χ3n) is 4.89. The lowest BCUT2D eigenvalue weighted by Gasteiger charge is -2.31. The van der Waals surface area contributed by atoms with Crippen molar-refractivity contribution in [3.05, 3.63) is 35.4 Å². The summed E-state index contributed by atoms with van der Waals surface area (Å²) in [6.45, 7) is 4.47. The molecule has 1 saturated carbocycles. The van der Waals surface area contributed by atoms with Gasteiger partial charge >= 0.3 is 0 Å². The number of aliphatic hydroxyl groups is 1. The smallest absolute Gasteiger partial charge is 0.0608 e. The molecule has 0 bridgehead atoms. The molecule has 1 heteroatoms. The normalized spacial score (nSPS) is 25.2. The second kappa shape index (κ2) is 7.09. The molecule has 1 N–H and O–H groups in total. The highest BCUT2D eigenvalue weighted by atomic mass is 16.3. The van der Waals surface area contributed by atoms with E-state index in [-0.39, 0.29) is 6.10 Å². The second-order valence-corrected chi connectivity index (χ2v) is 6.13. The van der Waals surface area contributed by atoms with E-state index in [1.165, 1.54) is 43.2 Å². The molecule has 1 aromatic rings. The topological polar surface area (TPSA) is 20.2 Å². The number of aliphatic hydroxyl groups excluding tert-OH is 1. The summed E-state index contributed by atoms with van der Waals surface area (Å²) in [7, 11) is 0. The highest BCUT2D eigenvalue weighted by Gasteiger charge is 2.25. The second-order valence-electron chi connectivity index (χ2n) is 6.13. The first-order valence-corrected chi connectivity index (χ1v) is 7.98. The van der Waals surface area contributed by atoms with E-state index < -0.39 is 0 Å². The van der Waals surface area contributed by atoms with Gasteiger partial charge in [0.15, 0.2) is 0 Å². The van der Waals surface area contributed by atoms with Crippen LogP contribution in [0.25, 0.3) is 0 Å². The minimum absolute atomic E-state index is 0.148. The summed E-state index contributed by atoms with van der Waals surface area (Å²) in [5.74, 6) is 1.43. The van der Waals surface area contributed by atoms with E-state index >= 15 is 0 Å². The minimum atomic E-state index is -0.148. The van der Waals surface area contributed by atoms with E-state index in [1.807, 2.05) is 0 Å². The molecule has 0 radical (unpaired) electrons. The lowest BCUT2D eigenvalue weighted by atomic mass is 9.77. The van der Waals surface area contributed by atoms with E-state index in [2.05, 4.69) is 38.1 Å². The summed E-state index contributed by atoms with van der Waals surface area (Å²) in [6.07, 6.45) is 8.13. The van der Waals surface area contributed by atoms with Crippen LogP contribution in [0.4, 0.5) is 0 Å². The maximum atomic E-state index is 10.4. The predicted molar refractivity (Wildman–Crippen MR) is 81.3 cm³/mol. The van der Waals surface area contributed by atoms with Gasteiger partial charge in [-0.15, -0.1) is 0 Å². The summed E-state index contributed by atoms with van der Waals surface area (Å²) < 4.78 is 0. The van der Waals surface area contributed by atoms with Crippen LogP contribution in [0, 0.1) is 11.8 Å². The molecule has 1 fully saturated rings. The van der Waals surface area contributed by atoms with Crippen LogP contribution >= 0.6 is 0 Å². The largest absolute Gasteiger partial charge is 0.392 e. The lowest BCUT2D eigenvalue weighted by Crippen LogP contribution is -2.27. The first-order chi connectivity index (χ1) is 9.22. The van der Waals surface area contributed by atoms with Crippen molar-refractivity contribution in [1.82, 2.24) is 0 Å². The van der Waals surface area contributed by atoms with Gasteiger partial charge in [0.05, 0.1) is 6.10 Å². The Hall–Kier alpha value is -0.820. The van der Waals surface area contributed by atoms with E-state index in [9.17, 15) is 5.11 Å². The summed E-state index contributed by atoms with van der Waals surface area (Å²) >= 11 is 0. The molecule has 1 unspecified atom stereocenters. The van der Waals surface area contributed by atoms with Gasteiger partial charge in [-0.25, -0.2) is 0 Å². The Morgan fingerprint density at radius 1 is 1.00 bits per heavy atom. The molecule has 2 rings (SSSR count). The molecule has 0 saturated heterocycles. The van der Waals surface area contributed by atoms with Crippen LogP contribution in [0.2, 0.25) is 0 Å². The fourth-order valence-corrected chi connectivity index (χ4v) is 3.30. The van der Waals surface area contributed by atoms with Gasteiger partial charge in [0.25, 0.3) is 0 Å². The van der Waals surface area contributed by atoms with Crippen molar-refractivity contribution in [2.75, 3.05) is 0 Å². The first kappa shape index (κ1) is 14.6. The van der Waals surface area contributed by atoms with Crippen LogP contribution in [-0.4, -0.2) is 11.2 Å². The predicted octanol–water partition coefficient (Wildman–Crippen LogP) is 4.37. The highest BCUT2D eigenvalue weighted by Crippen LogP contribution is 2.33.